The van der Waals surface area contributed by atoms with Crippen molar-refractivity contribution in [2.75, 3.05) is 36.3 Å². The molecule has 1 heterocycles. The maximum atomic E-state index is 13.8. The van der Waals surface area contributed by atoms with E-state index in [4.69, 9.17) is 9.57 Å². The van der Waals surface area contributed by atoms with Gasteiger partial charge in [0.15, 0.2) is 0 Å². The third-order valence-electron chi connectivity index (χ3n) is 6.41. The second kappa shape index (κ2) is 12.4. The first kappa shape index (κ1) is 30.1. The number of halogens is 1. The summed E-state index contributed by atoms with van der Waals surface area (Å²) in [6.07, 6.45) is 0. The van der Waals surface area contributed by atoms with Crippen molar-refractivity contribution < 1.29 is 32.4 Å². The van der Waals surface area contributed by atoms with E-state index in [-0.39, 0.29) is 28.3 Å². The average Bonchev–Trinajstić information content (AvgIpc) is 3.24. The van der Waals surface area contributed by atoms with Crippen LogP contribution in [-0.4, -0.2) is 56.8 Å². The van der Waals surface area contributed by atoms with Crippen molar-refractivity contribution in [1.82, 2.24) is 4.47 Å². The first-order valence-electron chi connectivity index (χ1n) is 12.4. The highest BCUT2D eigenvalue weighted by Gasteiger charge is 2.39. The van der Waals surface area contributed by atoms with Gasteiger partial charge in [0.1, 0.15) is 0 Å². The van der Waals surface area contributed by atoms with Gasteiger partial charge < -0.3 is 10.1 Å². The molecule has 1 aliphatic rings. The fourth-order valence-electron chi connectivity index (χ4n) is 4.42. The predicted octanol–water partition coefficient (Wildman–Crippen LogP) is 4.60. The minimum Gasteiger partial charge on any atom is -0.465 e. The minimum absolute atomic E-state index is 0.0186. The molecule has 0 bridgehead atoms. The van der Waals surface area contributed by atoms with Gasteiger partial charge in [0.2, 0.25) is 5.91 Å². The van der Waals surface area contributed by atoms with Gasteiger partial charge in [-0.2, -0.15) is 0 Å². The number of hydroxylamine groups is 1. The van der Waals surface area contributed by atoms with Crippen LogP contribution in [0.3, 0.4) is 0 Å². The molecule has 4 rings (SSSR count). The van der Waals surface area contributed by atoms with Gasteiger partial charge >= 0.3 is 5.97 Å². The number of anilines is 2. The molecule has 10 nitrogen and oxygen atoms in total. The number of sulfonamides is 1. The molecular formula is C29H28BrN3O7S. The summed E-state index contributed by atoms with van der Waals surface area (Å²) in [5, 5.41) is 3.73. The SMILES string of the molecule is COC(=O)c1cc2c(cc1C)C(=C(Nc1ccc(S(=O)(=O)N(C)OCCBr)cc1)c1ccccc1)C(=O)N2C(C)=O. The number of carbonyl (C=O) groups is 3. The van der Waals surface area contributed by atoms with Crippen molar-refractivity contribution in [3.8, 4) is 0 Å². The number of nitrogens with zero attached hydrogens (tertiary/aromatic N) is 2. The molecule has 0 spiro atoms. The van der Waals surface area contributed by atoms with E-state index in [0.717, 1.165) is 9.37 Å². The fraction of sp³-hybridized carbons (Fsp3) is 0.207. The third-order valence-corrected chi connectivity index (χ3v) is 8.39. The van der Waals surface area contributed by atoms with Crippen LogP contribution in [-0.2, 0) is 29.2 Å². The van der Waals surface area contributed by atoms with Crippen LogP contribution < -0.4 is 10.2 Å². The second-order valence-electron chi connectivity index (χ2n) is 9.04. The first-order valence-corrected chi connectivity index (χ1v) is 15.0. The van der Waals surface area contributed by atoms with Crippen molar-refractivity contribution in [3.05, 3.63) is 89.0 Å². The van der Waals surface area contributed by atoms with Crippen LogP contribution >= 0.6 is 15.9 Å². The van der Waals surface area contributed by atoms with Crippen molar-refractivity contribution in [2.45, 2.75) is 18.7 Å². The highest BCUT2D eigenvalue weighted by atomic mass is 79.9. The lowest BCUT2D eigenvalue weighted by atomic mass is 9.96. The summed E-state index contributed by atoms with van der Waals surface area (Å²) in [7, 11) is -1.31. The molecule has 1 aliphatic heterocycles. The number of hydrogen-bond acceptors (Lipinski definition) is 8. The molecule has 2 amide bonds. The maximum absolute atomic E-state index is 13.8. The number of nitrogens with one attached hydrogen (secondary N) is 1. The number of ether oxygens (including phenoxy) is 1. The minimum atomic E-state index is -3.89. The van der Waals surface area contributed by atoms with Crippen molar-refractivity contribution in [2.24, 2.45) is 0 Å². The Labute approximate surface area is 246 Å². The zero-order valence-electron chi connectivity index (χ0n) is 22.8. The van der Waals surface area contributed by atoms with Gasteiger partial charge in [-0.15, -0.1) is 0 Å². The van der Waals surface area contributed by atoms with Gasteiger partial charge in [-0.3, -0.25) is 14.4 Å². The van der Waals surface area contributed by atoms with E-state index in [1.54, 1.807) is 25.1 Å². The van der Waals surface area contributed by atoms with Crippen molar-refractivity contribution >= 4 is 66.4 Å². The number of fused-ring (bicyclic) bond motifs is 1. The number of rotatable bonds is 9. The predicted molar refractivity (Wildman–Crippen MR) is 159 cm³/mol. The molecular weight excluding hydrogens is 614 g/mol. The molecule has 0 saturated heterocycles. The summed E-state index contributed by atoms with van der Waals surface area (Å²) in [6.45, 7) is 3.17. The Hall–Kier alpha value is -3.84. The lowest BCUT2D eigenvalue weighted by Gasteiger charge is -2.18. The Morgan fingerprint density at radius 1 is 1.05 bits per heavy atom. The number of aryl methyl sites for hydroxylation is 1. The van der Waals surface area contributed by atoms with Gasteiger partial charge in [0, 0.05) is 30.6 Å². The summed E-state index contributed by atoms with van der Waals surface area (Å²) >= 11 is 3.20. The van der Waals surface area contributed by atoms with Crippen LogP contribution in [0.2, 0.25) is 0 Å². The van der Waals surface area contributed by atoms with Crippen molar-refractivity contribution in [1.29, 1.82) is 0 Å². The molecule has 0 saturated carbocycles. The van der Waals surface area contributed by atoms with Gasteiger partial charge in [-0.25, -0.2) is 18.1 Å². The summed E-state index contributed by atoms with van der Waals surface area (Å²) in [5.74, 6) is -1.66. The quantitative estimate of drug-likeness (QED) is 0.156. The monoisotopic (exact) mass is 641 g/mol. The lowest BCUT2D eigenvalue weighted by molar-refractivity contribution is -0.122. The molecule has 3 aromatic rings. The van der Waals surface area contributed by atoms with E-state index in [1.807, 2.05) is 30.3 Å². The normalized spacial score (nSPS) is 14.2. The van der Waals surface area contributed by atoms with Crippen molar-refractivity contribution in [3.63, 3.8) is 0 Å². The number of amides is 2. The second-order valence-corrected chi connectivity index (χ2v) is 11.8. The van der Waals surface area contributed by atoms with E-state index in [2.05, 4.69) is 21.2 Å². The molecule has 0 radical (unpaired) electrons. The molecule has 1 N–H and O–H groups in total. The number of imide groups is 1. The Balaban J connectivity index is 1.85. The number of esters is 1. The Morgan fingerprint density at radius 2 is 1.71 bits per heavy atom. The van der Waals surface area contributed by atoms with Crippen LogP contribution in [0.15, 0.2) is 71.6 Å². The Morgan fingerprint density at radius 3 is 2.29 bits per heavy atom. The number of carbonyl (C=O) groups excluding carboxylic acids is 3. The maximum Gasteiger partial charge on any atom is 0.338 e. The van der Waals surface area contributed by atoms with E-state index >= 15 is 0 Å². The standard InChI is InChI=1S/C29H28BrN3O7S/c1-18-16-24-25(17-23(18)29(36)39-4)33(19(2)34)28(35)26(24)27(20-8-6-5-7-9-20)31-21-10-12-22(13-11-21)41(37,38)32(3)40-15-14-30/h5-13,16-17,31H,14-15H2,1-4H3. The van der Waals surface area contributed by atoms with Crippen LogP contribution in [0.4, 0.5) is 11.4 Å². The summed E-state index contributed by atoms with van der Waals surface area (Å²) in [5.41, 5.74) is 3.32. The first-order chi connectivity index (χ1) is 19.5. The van der Waals surface area contributed by atoms with Gasteiger partial charge in [-0.05, 0) is 54.4 Å². The molecule has 0 unspecified atom stereocenters. The van der Waals surface area contributed by atoms with E-state index < -0.39 is 27.8 Å². The highest BCUT2D eigenvalue weighted by molar-refractivity contribution is 9.09. The molecule has 3 aromatic carbocycles. The zero-order valence-corrected chi connectivity index (χ0v) is 25.2. The molecule has 41 heavy (non-hydrogen) atoms. The number of benzene rings is 3. The number of methoxy groups -OCH3 is 1. The van der Waals surface area contributed by atoms with Gasteiger partial charge in [0.25, 0.3) is 15.9 Å². The van der Waals surface area contributed by atoms with Gasteiger partial charge in [-0.1, -0.05) is 50.7 Å². The number of hydrogen-bond donors (Lipinski definition) is 1. The molecule has 214 valence electrons. The summed E-state index contributed by atoms with van der Waals surface area (Å²) in [4.78, 5) is 45.1. The van der Waals surface area contributed by atoms with Crippen LogP contribution in [0, 0.1) is 6.92 Å². The van der Waals surface area contributed by atoms with Crippen LogP contribution in [0.5, 0.6) is 0 Å². The van der Waals surface area contributed by atoms with Gasteiger partial charge in [0.05, 0.1) is 41.1 Å². The zero-order chi connectivity index (χ0) is 29.9. The Bertz CT molecular complexity index is 1640. The topological polar surface area (TPSA) is 122 Å². The summed E-state index contributed by atoms with van der Waals surface area (Å²) in [6, 6.07) is 18.2. The lowest BCUT2D eigenvalue weighted by Crippen LogP contribution is -2.31. The summed E-state index contributed by atoms with van der Waals surface area (Å²) < 4.78 is 31.4. The van der Waals surface area contributed by atoms with E-state index in [0.29, 0.717) is 33.4 Å². The third kappa shape index (κ3) is 5.96. The molecule has 0 aliphatic carbocycles. The Kier molecular flexibility index (Phi) is 9.08. The highest BCUT2D eigenvalue weighted by Crippen LogP contribution is 2.43. The largest absolute Gasteiger partial charge is 0.465 e. The number of alkyl halides is 1. The molecule has 0 atom stereocenters. The molecule has 0 fully saturated rings. The van der Waals surface area contributed by atoms with Crippen LogP contribution in [0.25, 0.3) is 11.3 Å². The smallest absolute Gasteiger partial charge is 0.338 e. The van der Waals surface area contributed by atoms with E-state index in [9.17, 15) is 22.8 Å². The van der Waals surface area contributed by atoms with E-state index in [1.165, 1.54) is 39.3 Å². The molecule has 12 heteroatoms. The molecule has 0 aromatic heterocycles. The fourth-order valence-corrected chi connectivity index (χ4v) is 5.56. The average molecular weight is 643 g/mol. The van der Waals surface area contributed by atoms with Crippen LogP contribution in [0.1, 0.15) is 34.0 Å².